The van der Waals surface area contributed by atoms with Crippen LogP contribution in [-0.2, 0) is 6.54 Å². The van der Waals surface area contributed by atoms with Crippen LogP contribution in [0, 0.1) is 5.41 Å². The first kappa shape index (κ1) is 15.2. The van der Waals surface area contributed by atoms with Crippen molar-refractivity contribution in [1.29, 1.82) is 0 Å². The smallest absolute Gasteiger partial charge is 0.251 e. The van der Waals surface area contributed by atoms with Crippen LogP contribution >= 0.6 is 0 Å². The lowest BCUT2D eigenvalue weighted by atomic mass is 9.88. The van der Waals surface area contributed by atoms with Gasteiger partial charge in [0, 0.05) is 23.9 Å². The molecule has 1 amide bonds. The number of carbonyl (C=O) groups excluding carboxylic acids is 1. The average molecular weight is 283 g/mol. The zero-order valence-corrected chi connectivity index (χ0v) is 13.0. The number of carbonyl (C=O) groups is 1. The lowest BCUT2D eigenvalue weighted by molar-refractivity contribution is 0.0966. The molecule has 110 valence electrons. The Hall–Kier alpha value is -2.23. The standard InChI is InChI=1S/C17H21N3O/c1-11(17(2,3)4)9-19-15(18-5)12-7-6-8-13-14(12)10-20-16(13)21/h6-9H,5,10H2,1-4H3,(H,20,21)/b11-9+,19-15?. The minimum absolute atomic E-state index is 0.0447. The van der Waals surface area contributed by atoms with Crippen molar-refractivity contribution >= 4 is 18.5 Å². The maximum atomic E-state index is 11.7. The van der Waals surface area contributed by atoms with Gasteiger partial charge in [-0.2, -0.15) is 0 Å². The van der Waals surface area contributed by atoms with Gasteiger partial charge in [-0.05, 0) is 36.3 Å². The van der Waals surface area contributed by atoms with E-state index in [0.717, 1.165) is 16.7 Å². The number of aliphatic imine (C=N–C) groups is 2. The van der Waals surface area contributed by atoms with Crippen LogP contribution in [0.5, 0.6) is 0 Å². The molecule has 1 aromatic rings. The van der Waals surface area contributed by atoms with Gasteiger partial charge >= 0.3 is 0 Å². The highest BCUT2D eigenvalue weighted by molar-refractivity contribution is 6.07. The molecule has 1 heterocycles. The number of fused-ring (bicyclic) bond motifs is 1. The van der Waals surface area contributed by atoms with Crippen LogP contribution in [0.1, 0.15) is 49.2 Å². The number of nitrogens with zero attached hydrogens (tertiary/aromatic N) is 2. The molecule has 0 radical (unpaired) electrons. The van der Waals surface area contributed by atoms with Gasteiger partial charge in [0.2, 0.25) is 0 Å². The lowest BCUT2D eigenvalue weighted by Gasteiger charge is -2.18. The van der Waals surface area contributed by atoms with Crippen molar-refractivity contribution < 1.29 is 4.79 Å². The van der Waals surface area contributed by atoms with E-state index in [2.05, 4.69) is 42.8 Å². The second-order valence-electron chi connectivity index (χ2n) is 6.19. The molecule has 2 rings (SSSR count). The van der Waals surface area contributed by atoms with Crippen LogP contribution < -0.4 is 5.32 Å². The van der Waals surface area contributed by atoms with Crippen LogP contribution in [0.4, 0.5) is 0 Å². The van der Waals surface area contributed by atoms with Gasteiger partial charge < -0.3 is 5.32 Å². The lowest BCUT2D eigenvalue weighted by Crippen LogP contribution is -2.12. The molecule has 0 aliphatic carbocycles. The second kappa shape index (κ2) is 5.64. The predicted molar refractivity (Wildman–Crippen MR) is 86.9 cm³/mol. The Morgan fingerprint density at radius 1 is 1.38 bits per heavy atom. The van der Waals surface area contributed by atoms with Crippen LogP contribution in [0.25, 0.3) is 0 Å². The van der Waals surface area contributed by atoms with Gasteiger partial charge in [-0.1, -0.05) is 32.9 Å². The summed E-state index contributed by atoms with van der Waals surface area (Å²) in [5, 5.41) is 2.82. The third-order valence-corrected chi connectivity index (χ3v) is 3.80. The van der Waals surface area contributed by atoms with Crippen molar-refractivity contribution in [3.63, 3.8) is 0 Å². The van der Waals surface area contributed by atoms with E-state index in [9.17, 15) is 4.79 Å². The molecule has 1 aliphatic heterocycles. The summed E-state index contributed by atoms with van der Waals surface area (Å²) in [5.74, 6) is 0.503. The third kappa shape index (κ3) is 3.10. The van der Waals surface area contributed by atoms with Crippen molar-refractivity contribution in [1.82, 2.24) is 5.32 Å². The highest BCUT2D eigenvalue weighted by Gasteiger charge is 2.22. The Bertz CT molecular complexity index is 648. The minimum Gasteiger partial charge on any atom is -0.348 e. The average Bonchev–Trinajstić information content (AvgIpc) is 2.81. The number of rotatable bonds is 2. The van der Waals surface area contributed by atoms with E-state index in [-0.39, 0.29) is 11.3 Å². The maximum absolute atomic E-state index is 11.7. The SMILES string of the molecule is C=NC(=N/C=C(\C)C(C)(C)C)c1cccc2c1CNC2=O. The van der Waals surface area contributed by atoms with Gasteiger partial charge in [-0.3, -0.25) is 4.79 Å². The fourth-order valence-corrected chi connectivity index (χ4v) is 2.01. The van der Waals surface area contributed by atoms with Gasteiger partial charge in [0.25, 0.3) is 5.91 Å². The van der Waals surface area contributed by atoms with Crippen molar-refractivity contribution in [3.05, 3.63) is 46.7 Å². The highest BCUT2D eigenvalue weighted by Crippen LogP contribution is 2.25. The Kier molecular flexibility index (Phi) is 4.07. The molecule has 0 saturated heterocycles. The molecule has 0 unspecified atom stereocenters. The van der Waals surface area contributed by atoms with Gasteiger partial charge in [-0.25, -0.2) is 9.98 Å². The van der Waals surface area contributed by atoms with Crippen LogP contribution in [0.2, 0.25) is 0 Å². The quantitative estimate of drug-likeness (QED) is 0.657. The highest BCUT2D eigenvalue weighted by atomic mass is 16.1. The van der Waals surface area contributed by atoms with Crippen LogP contribution in [0.3, 0.4) is 0 Å². The molecule has 0 atom stereocenters. The predicted octanol–water partition coefficient (Wildman–Crippen LogP) is 3.33. The Morgan fingerprint density at radius 3 is 2.71 bits per heavy atom. The van der Waals surface area contributed by atoms with Crippen molar-refractivity contribution in [2.45, 2.75) is 34.2 Å². The van der Waals surface area contributed by atoms with Gasteiger partial charge in [0.15, 0.2) is 5.84 Å². The van der Waals surface area contributed by atoms with E-state index in [1.54, 1.807) is 0 Å². The summed E-state index contributed by atoms with van der Waals surface area (Å²) in [6, 6.07) is 5.59. The summed E-state index contributed by atoms with van der Waals surface area (Å²) in [4.78, 5) is 20.2. The first-order valence-corrected chi connectivity index (χ1v) is 6.97. The van der Waals surface area contributed by atoms with E-state index in [1.807, 2.05) is 31.3 Å². The molecule has 0 fully saturated rings. The molecule has 4 nitrogen and oxygen atoms in total. The molecule has 1 N–H and O–H groups in total. The molecule has 21 heavy (non-hydrogen) atoms. The number of hydrogen-bond donors (Lipinski definition) is 1. The van der Waals surface area contributed by atoms with Crippen molar-refractivity contribution in [2.75, 3.05) is 0 Å². The van der Waals surface area contributed by atoms with Gasteiger partial charge in [0.1, 0.15) is 0 Å². The number of hydrogen-bond acceptors (Lipinski definition) is 2. The number of amides is 1. The first-order chi connectivity index (χ1) is 9.84. The molecule has 0 bridgehead atoms. The fraction of sp³-hybridized carbons (Fsp3) is 0.353. The zero-order chi connectivity index (χ0) is 15.6. The van der Waals surface area contributed by atoms with Crippen molar-refractivity contribution in [3.8, 4) is 0 Å². The Labute approximate surface area is 125 Å². The maximum Gasteiger partial charge on any atom is 0.251 e. The molecular formula is C17H21N3O. The first-order valence-electron chi connectivity index (χ1n) is 6.97. The monoisotopic (exact) mass is 283 g/mol. The number of allylic oxidation sites excluding steroid dienone is 1. The van der Waals surface area contributed by atoms with E-state index in [1.165, 1.54) is 0 Å². The van der Waals surface area contributed by atoms with E-state index < -0.39 is 0 Å². The molecule has 1 aliphatic rings. The molecular weight excluding hydrogens is 262 g/mol. The number of nitrogens with one attached hydrogen (secondary N) is 1. The molecule has 1 aromatic carbocycles. The topological polar surface area (TPSA) is 53.8 Å². The summed E-state index contributed by atoms with van der Waals surface area (Å²) in [7, 11) is 0. The van der Waals surface area contributed by atoms with E-state index in [0.29, 0.717) is 17.9 Å². The molecule has 0 spiro atoms. The molecule has 0 aromatic heterocycles. The summed E-state index contributed by atoms with van der Waals surface area (Å²) in [6.07, 6.45) is 1.83. The van der Waals surface area contributed by atoms with E-state index >= 15 is 0 Å². The van der Waals surface area contributed by atoms with Gasteiger partial charge in [-0.15, -0.1) is 0 Å². The van der Waals surface area contributed by atoms with E-state index in [4.69, 9.17) is 0 Å². The largest absolute Gasteiger partial charge is 0.348 e. The Morgan fingerprint density at radius 2 is 2.10 bits per heavy atom. The summed E-state index contributed by atoms with van der Waals surface area (Å²) >= 11 is 0. The normalized spacial score (nSPS) is 15.7. The number of benzene rings is 1. The Balaban J connectivity index is 2.45. The minimum atomic E-state index is -0.0447. The second-order valence-corrected chi connectivity index (χ2v) is 6.19. The zero-order valence-electron chi connectivity index (χ0n) is 13.0. The third-order valence-electron chi connectivity index (χ3n) is 3.80. The van der Waals surface area contributed by atoms with Crippen molar-refractivity contribution in [2.24, 2.45) is 15.4 Å². The molecule has 4 heteroatoms. The summed E-state index contributed by atoms with van der Waals surface area (Å²) < 4.78 is 0. The van der Waals surface area contributed by atoms with Crippen LogP contribution in [0.15, 0.2) is 40.0 Å². The van der Waals surface area contributed by atoms with Crippen LogP contribution in [-0.4, -0.2) is 18.5 Å². The van der Waals surface area contributed by atoms with Gasteiger partial charge in [0.05, 0.1) is 0 Å². The fourth-order valence-electron chi connectivity index (χ4n) is 2.01. The molecule has 0 saturated carbocycles. The summed E-state index contributed by atoms with van der Waals surface area (Å²) in [5.41, 5.74) is 3.71. The summed E-state index contributed by atoms with van der Waals surface area (Å²) in [6.45, 7) is 12.6. The number of amidine groups is 1.